The molecule has 0 aliphatic heterocycles. The van der Waals surface area contributed by atoms with Gasteiger partial charge in [0, 0.05) is 23.7 Å². The summed E-state index contributed by atoms with van der Waals surface area (Å²) in [6.07, 6.45) is 1.55. The van der Waals surface area contributed by atoms with Gasteiger partial charge in [-0.2, -0.15) is 0 Å². The van der Waals surface area contributed by atoms with Crippen molar-refractivity contribution in [1.29, 1.82) is 0 Å². The Morgan fingerprint density at radius 2 is 1.95 bits per heavy atom. The first-order chi connectivity index (χ1) is 9.88. The summed E-state index contributed by atoms with van der Waals surface area (Å²) in [7, 11) is 0. The minimum Gasteiger partial charge on any atom is -0.478 e. The summed E-state index contributed by atoms with van der Waals surface area (Å²) >= 11 is 1.23. The normalized spacial score (nSPS) is 10.4. The number of carbonyl (C=O) groups is 2. The van der Waals surface area contributed by atoms with Crippen molar-refractivity contribution in [2.45, 2.75) is 30.7 Å². The molecule has 0 amide bonds. The van der Waals surface area contributed by atoms with Gasteiger partial charge in [-0.1, -0.05) is 11.8 Å². The van der Waals surface area contributed by atoms with Gasteiger partial charge in [0.2, 0.25) is 0 Å². The average molecular weight is 302 g/mol. The Labute approximate surface area is 126 Å². The van der Waals surface area contributed by atoms with E-state index in [2.05, 4.69) is 9.97 Å². The third kappa shape index (κ3) is 3.46. The Kier molecular flexibility index (Phi) is 4.37. The maximum absolute atomic E-state index is 11.4. The first-order valence-corrected chi connectivity index (χ1v) is 7.06. The third-order valence-electron chi connectivity index (χ3n) is 2.84. The van der Waals surface area contributed by atoms with Crippen molar-refractivity contribution < 1.29 is 14.7 Å². The number of aryl methyl sites for hydroxylation is 2. The predicted molar refractivity (Wildman–Crippen MR) is 79.0 cm³/mol. The number of carboxylic acids is 1. The molecule has 2 heterocycles. The number of rotatable bonds is 4. The first kappa shape index (κ1) is 15.2. The molecule has 0 saturated heterocycles. The zero-order valence-corrected chi connectivity index (χ0v) is 12.7. The van der Waals surface area contributed by atoms with Crippen molar-refractivity contribution in [2.75, 3.05) is 0 Å². The van der Waals surface area contributed by atoms with Crippen molar-refractivity contribution in [1.82, 2.24) is 9.97 Å². The van der Waals surface area contributed by atoms with E-state index in [1.54, 1.807) is 31.3 Å². The van der Waals surface area contributed by atoms with Gasteiger partial charge in [0.05, 0.1) is 5.56 Å². The fourth-order valence-electron chi connectivity index (χ4n) is 1.90. The van der Waals surface area contributed by atoms with Crippen molar-refractivity contribution in [2.24, 2.45) is 0 Å². The van der Waals surface area contributed by atoms with Crippen LogP contribution in [0.15, 0.2) is 34.3 Å². The average Bonchev–Trinajstić information content (AvgIpc) is 2.37. The van der Waals surface area contributed by atoms with Crippen LogP contribution in [0.1, 0.15) is 39.0 Å². The van der Waals surface area contributed by atoms with E-state index in [0.29, 0.717) is 16.3 Å². The van der Waals surface area contributed by atoms with Gasteiger partial charge in [0.15, 0.2) is 5.78 Å². The molecule has 0 aliphatic rings. The van der Waals surface area contributed by atoms with Crippen molar-refractivity contribution >= 4 is 23.5 Å². The molecular weight excluding hydrogens is 288 g/mol. The van der Waals surface area contributed by atoms with Crippen LogP contribution in [0.25, 0.3) is 0 Å². The number of ketones is 1. The lowest BCUT2D eigenvalue weighted by Crippen LogP contribution is -2.05. The van der Waals surface area contributed by atoms with E-state index in [1.165, 1.54) is 18.7 Å². The number of hydrogen-bond donors (Lipinski definition) is 1. The van der Waals surface area contributed by atoms with Gasteiger partial charge in [0.25, 0.3) is 0 Å². The van der Waals surface area contributed by atoms with Gasteiger partial charge in [-0.05, 0) is 37.6 Å². The number of Topliss-reactive ketones (excluding diaryl/α,β-unsaturated/α-hetero) is 1. The summed E-state index contributed by atoms with van der Waals surface area (Å²) in [6, 6.07) is 5.09. The molecule has 2 aromatic heterocycles. The Hall–Kier alpha value is -2.21. The summed E-state index contributed by atoms with van der Waals surface area (Å²) in [5.74, 6) is -1.11. The van der Waals surface area contributed by atoms with E-state index < -0.39 is 5.97 Å². The molecule has 0 radical (unpaired) electrons. The Bertz CT molecular complexity index is 712. The maximum Gasteiger partial charge on any atom is 0.338 e. The van der Waals surface area contributed by atoms with Crippen LogP contribution >= 0.6 is 11.8 Å². The number of pyridine rings is 2. The van der Waals surface area contributed by atoms with E-state index in [-0.39, 0.29) is 11.3 Å². The molecule has 5 nitrogen and oxygen atoms in total. The number of aromatic nitrogens is 2. The smallest absolute Gasteiger partial charge is 0.338 e. The fourth-order valence-corrected chi connectivity index (χ4v) is 2.90. The highest BCUT2D eigenvalue weighted by atomic mass is 32.2. The van der Waals surface area contributed by atoms with E-state index >= 15 is 0 Å². The summed E-state index contributed by atoms with van der Waals surface area (Å²) in [4.78, 5) is 31.6. The molecule has 0 aromatic carbocycles. The van der Waals surface area contributed by atoms with Gasteiger partial charge in [-0.3, -0.25) is 9.78 Å². The Balaban J connectivity index is 2.39. The van der Waals surface area contributed by atoms with E-state index in [9.17, 15) is 14.7 Å². The van der Waals surface area contributed by atoms with Crippen LogP contribution in [0, 0.1) is 13.8 Å². The molecular formula is C15H14N2O3S. The molecule has 2 aromatic rings. The fraction of sp³-hybridized carbons (Fsp3) is 0.200. The molecule has 0 bridgehead atoms. The summed E-state index contributed by atoms with van der Waals surface area (Å²) in [5.41, 5.74) is 2.01. The van der Waals surface area contributed by atoms with Gasteiger partial charge in [-0.25, -0.2) is 9.78 Å². The molecule has 21 heavy (non-hydrogen) atoms. The van der Waals surface area contributed by atoms with Crippen LogP contribution in [0.5, 0.6) is 0 Å². The van der Waals surface area contributed by atoms with E-state index in [1.807, 2.05) is 6.92 Å². The topological polar surface area (TPSA) is 80.2 Å². The molecule has 0 aliphatic carbocycles. The van der Waals surface area contributed by atoms with Gasteiger partial charge < -0.3 is 5.11 Å². The number of nitrogens with zero attached hydrogens (tertiary/aromatic N) is 2. The zero-order chi connectivity index (χ0) is 15.6. The molecule has 0 fully saturated rings. The number of carboxylic acid groups (broad SMARTS) is 1. The SMILES string of the molecule is CC(=O)c1ccc(Sc2nc(C)cc(C)c2C(=O)O)cn1. The second-order valence-electron chi connectivity index (χ2n) is 4.60. The van der Waals surface area contributed by atoms with E-state index in [0.717, 1.165) is 10.6 Å². The van der Waals surface area contributed by atoms with Crippen LogP contribution in [0.3, 0.4) is 0 Å². The van der Waals surface area contributed by atoms with E-state index in [4.69, 9.17) is 0 Å². The number of hydrogen-bond acceptors (Lipinski definition) is 5. The number of aromatic carboxylic acids is 1. The van der Waals surface area contributed by atoms with Crippen LogP contribution < -0.4 is 0 Å². The van der Waals surface area contributed by atoms with Gasteiger partial charge >= 0.3 is 5.97 Å². The van der Waals surface area contributed by atoms with Gasteiger partial charge in [0.1, 0.15) is 10.7 Å². The lowest BCUT2D eigenvalue weighted by atomic mass is 10.1. The minimum atomic E-state index is -1.00. The minimum absolute atomic E-state index is 0.109. The van der Waals surface area contributed by atoms with Crippen molar-refractivity contribution in [3.63, 3.8) is 0 Å². The molecule has 1 N–H and O–H groups in total. The van der Waals surface area contributed by atoms with Crippen molar-refractivity contribution in [3.8, 4) is 0 Å². The highest BCUT2D eigenvalue weighted by Gasteiger charge is 2.17. The predicted octanol–water partition coefficient (Wildman–Crippen LogP) is 3.15. The molecule has 0 saturated carbocycles. The Morgan fingerprint density at radius 1 is 1.24 bits per heavy atom. The van der Waals surface area contributed by atoms with Crippen LogP contribution in [-0.4, -0.2) is 26.8 Å². The third-order valence-corrected chi connectivity index (χ3v) is 3.80. The number of carbonyl (C=O) groups excluding carboxylic acids is 1. The largest absolute Gasteiger partial charge is 0.478 e. The highest BCUT2D eigenvalue weighted by molar-refractivity contribution is 7.99. The summed E-state index contributed by atoms with van der Waals surface area (Å²) < 4.78 is 0. The lowest BCUT2D eigenvalue weighted by Gasteiger charge is -2.09. The summed E-state index contributed by atoms with van der Waals surface area (Å²) in [5, 5.41) is 9.75. The summed E-state index contributed by atoms with van der Waals surface area (Å²) in [6.45, 7) is 5.02. The molecule has 108 valence electrons. The molecule has 2 rings (SSSR count). The van der Waals surface area contributed by atoms with Crippen molar-refractivity contribution in [3.05, 3.63) is 46.9 Å². The quantitative estimate of drug-likeness (QED) is 0.874. The molecule has 0 atom stereocenters. The van der Waals surface area contributed by atoms with Crippen LogP contribution in [0.2, 0.25) is 0 Å². The molecule has 6 heteroatoms. The lowest BCUT2D eigenvalue weighted by molar-refractivity contribution is 0.0691. The zero-order valence-electron chi connectivity index (χ0n) is 11.9. The van der Waals surface area contributed by atoms with Gasteiger partial charge in [-0.15, -0.1) is 0 Å². The molecule has 0 spiro atoms. The standard InChI is InChI=1S/C15H14N2O3S/c1-8-6-9(2)17-14(13(8)15(19)20)21-11-4-5-12(10(3)18)16-7-11/h4-7H,1-3H3,(H,19,20). The first-order valence-electron chi connectivity index (χ1n) is 6.25. The monoisotopic (exact) mass is 302 g/mol. The second-order valence-corrected chi connectivity index (χ2v) is 5.67. The maximum atomic E-state index is 11.4. The second kappa shape index (κ2) is 6.05. The Morgan fingerprint density at radius 3 is 2.48 bits per heavy atom. The van der Waals surface area contributed by atoms with Crippen LogP contribution in [-0.2, 0) is 0 Å². The van der Waals surface area contributed by atoms with Crippen LogP contribution in [0.4, 0.5) is 0 Å². The highest BCUT2D eigenvalue weighted by Crippen LogP contribution is 2.30. The molecule has 0 unspecified atom stereocenters.